The predicted molar refractivity (Wildman–Crippen MR) is 179 cm³/mol. The lowest BCUT2D eigenvalue weighted by Gasteiger charge is -2.39. The number of halogens is 3. The highest BCUT2D eigenvalue weighted by Gasteiger charge is 2.32. The van der Waals surface area contributed by atoms with E-state index in [1.165, 1.54) is 4.90 Å². The third kappa shape index (κ3) is 6.74. The number of carbonyl (C=O) groups excluding carboxylic acids is 1. The molecular weight excluding hydrogens is 664 g/mol. The number of methoxy groups -OCH3 is 1. The molecule has 252 valence electrons. The number of morpholine rings is 1. The van der Waals surface area contributed by atoms with Crippen LogP contribution in [0, 0.1) is 17.1 Å². The molecule has 2 saturated heterocycles. The molecule has 3 aromatic rings. The number of carboxylic acid groups (broad SMARTS) is 1. The Balaban J connectivity index is 1.23. The van der Waals surface area contributed by atoms with Crippen molar-refractivity contribution in [2.24, 2.45) is 0 Å². The van der Waals surface area contributed by atoms with Crippen LogP contribution in [-0.2, 0) is 16.0 Å². The van der Waals surface area contributed by atoms with E-state index >= 15 is 4.39 Å². The summed E-state index contributed by atoms with van der Waals surface area (Å²) in [5, 5.41) is 19.9. The monoisotopic (exact) mass is 697 g/mol. The Bertz CT molecular complexity index is 1740. The van der Waals surface area contributed by atoms with Gasteiger partial charge in [-0.15, -0.1) is 0 Å². The molecule has 6 rings (SSSR count). The number of hydrogen-bond acceptors (Lipinski definition) is 9. The highest BCUT2D eigenvalue weighted by atomic mass is 35.5. The smallest absolute Gasteiger partial charge is 0.337 e. The Hall–Kier alpha value is -4.12. The number of hydrogen-bond donors (Lipinski definition) is 1. The molecule has 0 aromatic heterocycles. The molecule has 11 nitrogen and oxygen atoms in total. The molecule has 2 fully saturated rings. The number of aromatic carboxylic acids is 1. The van der Waals surface area contributed by atoms with Crippen molar-refractivity contribution in [3.05, 3.63) is 75.0 Å². The van der Waals surface area contributed by atoms with Crippen molar-refractivity contribution in [3.8, 4) is 22.9 Å². The lowest BCUT2D eigenvalue weighted by molar-refractivity contribution is 0.0516. The van der Waals surface area contributed by atoms with Crippen LogP contribution in [-0.4, -0.2) is 106 Å². The Morgan fingerprint density at radius 2 is 1.81 bits per heavy atom. The van der Waals surface area contributed by atoms with Crippen molar-refractivity contribution in [2.45, 2.75) is 12.6 Å². The van der Waals surface area contributed by atoms with E-state index in [0.717, 1.165) is 6.07 Å². The normalized spacial score (nSPS) is 18.2. The van der Waals surface area contributed by atoms with Crippen LogP contribution in [0.1, 0.15) is 26.3 Å². The summed E-state index contributed by atoms with van der Waals surface area (Å²) >= 11 is 13.4. The molecule has 3 aliphatic heterocycles. The first-order chi connectivity index (χ1) is 23.2. The molecule has 1 atom stereocenters. The van der Waals surface area contributed by atoms with Gasteiger partial charge in [0.1, 0.15) is 17.6 Å². The van der Waals surface area contributed by atoms with Gasteiger partial charge in [0.15, 0.2) is 6.73 Å². The van der Waals surface area contributed by atoms with E-state index in [9.17, 15) is 20.0 Å². The van der Waals surface area contributed by atoms with Crippen molar-refractivity contribution in [1.82, 2.24) is 9.80 Å². The van der Waals surface area contributed by atoms with Crippen LogP contribution >= 0.6 is 23.2 Å². The molecule has 0 unspecified atom stereocenters. The van der Waals surface area contributed by atoms with Gasteiger partial charge in [-0.3, -0.25) is 9.69 Å². The number of amides is 1. The average Bonchev–Trinajstić information content (AvgIpc) is 3.10. The number of anilines is 2. The summed E-state index contributed by atoms with van der Waals surface area (Å²) in [7, 11) is 1.63. The van der Waals surface area contributed by atoms with Gasteiger partial charge < -0.3 is 34.0 Å². The lowest BCUT2D eigenvalue weighted by atomic mass is 9.97. The van der Waals surface area contributed by atoms with E-state index in [1.807, 2.05) is 9.80 Å². The van der Waals surface area contributed by atoms with E-state index in [2.05, 4.69) is 11.0 Å². The molecule has 0 radical (unpaired) electrons. The fraction of sp³-hybridized carbons (Fsp3) is 0.382. The number of nitrogens with zero attached hydrogens (tertiary/aromatic N) is 5. The molecule has 1 amide bonds. The van der Waals surface area contributed by atoms with Crippen molar-refractivity contribution < 1.29 is 33.3 Å². The average molecular weight is 699 g/mol. The minimum absolute atomic E-state index is 0.130. The number of benzene rings is 3. The van der Waals surface area contributed by atoms with Crippen molar-refractivity contribution in [1.29, 1.82) is 5.26 Å². The van der Waals surface area contributed by atoms with Crippen LogP contribution in [0.3, 0.4) is 0 Å². The number of carbonyl (C=O) groups is 2. The minimum atomic E-state index is -1.22. The van der Waals surface area contributed by atoms with Crippen LogP contribution in [0.5, 0.6) is 5.75 Å². The summed E-state index contributed by atoms with van der Waals surface area (Å²) in [6, 6.07) is 13.2. The summed E-state index contributed by atoms with van der Waals surface area (Å²) in [5.74, 6) is -1.95. The van der Waals surface area contributed by atoms with Crippen LogP contribution in [0.4, 0.5) is 15.8 Å². The van der Waals surface area contributed by atoms with Gasteiger partial charge in [0, 0.05) is 68.8 Å². The summed E-state index contributed by atoms with van der Waals surface area (Å²) in [6.45, 7) is 4.77. The predicted octanol–water partition coefficient (Wildman–Crippen LogP) is 4.99. The fourth-order valence-corrected chi connectivity index (χ4v) is 7.02. The largest absolute Gasteiger partial charge is 0.478 e. The van der Waals surface area contributed by atoms with Gasteiger partial charge >= 0.3 is 5.97 Å². The first kappa shape index (κ1) is 33.8. The molecule has 0 saturated carbocycles. The van der Waals surface area contributed by atoms with Gasteiger partial charge in [-0.1, -0.05) is 41.4 Å². The van der Waals surface area contributed by atoms with Crippen molar-refractivity contribution >= 4 is 46.5 Å². The molecule has 3 heterocycles. The van der Waals surface area contributed by atoms with E-state index in [1.54, 1.807) is 43.5 Å². The third-order valence-corrected chi connectivity index (χ3v) is 9.49. The van der Waals surface area contributed by atoms with Crippen LogP contribution in [0.2, 0.25) is 10.0 Å². The maximum atomic E-state index is 15.5. The summed E-state index contributed by atoms with van der Waals surface area (Å²) < 4.78 is 32.2. The van der Waals surface area contributed by atoms with E-state index in [-0.39, 0.29) is 46.1 Å². The van der Waals surface area contributed by atoms with Crippen molar-refractivity contribution in [3.63, 3.8) is 0 Å². The van der Waals surface area contributed by atoms with Gasteiger partial charge in [-0.05, 0) is 24.3 Å². The maximum Gasteiger partial charge on any atom is 0.337 e. The van der Waals surface area contributed by atoms with Gasteiger partial charge in [-0.25, -0.2) is 9.18 Å². The van der Waals surface area contributed by atoms with Crippen LogP contribution in [0.15, 0.2) is 42.5 Å². The molecule has 14 heteroatoms. The Labute approximate surface area is 287 Å². The van der Waals surface area contributed by atoms with Crippen molar-refractivity contribution in [2.75, 3.05) is 82.7 Å². The zero-order valence-corrected chi connectivity index (χ0v) is 27.8. The molecular formula is C34H34Cl2FN5O6. The second-order valence-electron chi connectivity index (χ2n) is 11.7. The van der Waals surface area contributed by atoms with Crippen LogP contribution in [0.25, 0.3) is 11.1 Å². The Morgan fingerprint density at radius 1 is 1.06 bits per heavy atom. The van der Waals surface area contributed by atoms with Gasteiger partial charge in [0.25, 0.3) is 5.91 Å². The Kier molecular flexibility index (Phi) is 10.2. The third-order valence-electron chi connectivity index (χ3n) is 8.90. The lowest BCUT2D eigenvalue weighted by Crippen LogP contribution is -2.53. The van der Waals surface area contributed by atoms with Crippen LogP contribution < -0.4 is 14.5 Å². The topological polar surface area (TPSA) is 119 Å². The second-order valence-corrected chi connectivity index (χ2v) is 12.5. The quantitative estimate of drug-likeness (QED) is 0.345. The number of ether oxygens (including phenoxy) is 3. The second kappa shape index (κ2) is 14.6. The highest BCUT2D eigenvalue weighted by molar-refractivity contribution is 6.40. The summed E-state index contributed by atoms with van der Waals surface area (Å²) in [5.41, 5.74) is 2.39. The van der Waals surface area contributed by atoms with E-state index < -0.39 is 17.7 Å². The SMILES string of the molecule is COCCN1CCN(c2cc(Cl)c(C(=O)N3COc4c(cccc4-c4cc(N5CCOCC5)c(C(=O)O)cc4F)C3)c(Cl)c2)C[C@@H]1C#N. The Morgan fingerprint density at radius 3 is 2.50 bits per heavy atom. The highest BCUT2D eigenvalue weighted by Crippen LogP contribution is 2.41. The van der Waals surface area contributed by atoms with E-state index in [0.29, 0.717) is 87.3 Å². The summed E-state index contributed by atoms with van der Waals surface area (Å²) in [4.78, 5) is 33.2. The molecule has 3 aromatic carbocycles. The molecule has 0 aliphatic carbocycles. The number of fused-ring (bicyclic) bond motifs is 1. The molecule has 0 bridgehead atoms. The molecule has 48 heavy (non-hydrogen) atoms. The first-order valence-corrected chi connectivity index (χ1v) is 16.3. The zero-order chi connectivity index (χ0) is 33.9. The summed E-state index contributed by atoms with van der Waals surface area (Å²) in [6.07, 6.45) is 0. The minimum Gasteiger partial charge on any atom is -0.478 e. The van der Waals surface area contributed by atoms with E-state index in [4.69, 9.17) is 37.4 Å². The standard InChI is InChI=1S/C34H34Cl2FN5O6/c1-46-10-7-39-5-6-41(19-23(39)17-38)22-13-27(35)31(28(36)14-22)33(43)42-18-21-3-2-4-24(32(21)48-20-42)25-16-30(40-8-11-47-12-9-40)26(34(44)45)15-29(25)37/h2-4,13-16,23H,5-12,18-20H2,1H3,(H,44,45)/t23-/m0/s1. The van der Waals surface area contributed by atoms with Gasteiger partial charge in [0.05, 0.1) is 59.3 Å². The number of para-hydroxylation sites is 1. The number of rotatable bonds is 8. The molecule has 0 spiro atoms. The number of carboxylic acids is 1. The first-order valence-electron chi connectivity index (χ1n) is 15.5. The number of nitriles is 1. The number of piperazine rings is 1. The molecule has 1 N–H and O–H groups in total. The maximum absolute atomic E-state index is 15.5. The van der Waals surface area contributed by atoms with Gasteiger partial charge in [0.2, 0.25) is 0 Å². The molecule has 3 aliphatic rings. The fourth-order valence-electron chi connectivity index (χ4n) is 6.38. The van der Waals surface area contributed by atoms with Gasteiger partial charge in [-0.2, -0.15) is 5.26 Å². The zero-order valence-electron chi connectivity index (χ0n) is 26.3.